The molecule has 2 rings (SSSR count). The normalized spacial score (nSPS) is 13.1. The second-order valence-electron chi connectivity index (χ2n) is 5.46. The molecule has 2 atom stereocenters. The largest absolute Gasteiger partial charge is 0.445 e. The number of aliphatic hydroxyl groups is 2. The average Bonchev–Trinajstić information content (AvgIpc) is 2.62. The minimum absolute atomic E-state index is 0.0879. The lowest BCUT2D eigenvalue weighted by Crippen LogP contribution is -2.29. The van der Waals surface area contributed by atoms with Crippen molar-refractivity contribution in [1.82, 2.24) is 5.32 Å². The molecule has 0 saturated heterocycles. The highest BCUT2D eigenvalue weighted by atomic mass is 79.9. The predicted molar refractivity (Wildman–Crippen MR) is 94.3 cm³/mol. The zero-order valence-corrected chi connectivity index (χ0v) is 14.9. The van der Waals surface area contributed by atoms with Gasteiger partial charge in [0.2, 0.25) is 0 Å². The first-order valence-electron chi connectivity index (χ1n) is 7.73. The third-order valence-electron chi connectivity index (χ3n) is 3.56. The topological polar surface area (TPSA) is 78.8 Å². The summed E-state index contributed by atoms with van der Waals surface area (Å²) in [6.07, 6.45) is -2.96. The highest BCUT2D eigenvalue weighted by Crippen LogP contribution is 2.27. The van der Waals surface area contributed by atoms with Crippen LogP contribution in [-0.4, -0.2) is 29.0 Å². The van der Waals surface area contributed by atoms with Crippen LogP contribution >= 0.6 is 15.9 Å². The summed E-state index contributed by atoms with van der Waals surface area (Å²) in [4.78, 5) is 11.6. The average molecular weight is 412 g/mol. The number of alkyl carbamates (subject to hydrolysis) is 1. The Morgan fingerprint density at radius 1 is 1.20 bits per heavy atom. The summed E-state index contributed by atoms with van der Waals surface area (Å²) in [5, 5.41) is 22.6. The first kappa shape index (κ1) is 19.4. The molecule has 134 valence electrons. The van der Waals surface area contributed by atoms with Gasteiger partial charge in [0, 0.05) is 16.6 Å². The van der Waals surface area contributed by atoms with Gasteiger partial charge < -0.3 is 20.3 Å². The molecule has 25 heavy (non-hydrogen) atoms. The van der Waals surface area contributed by atoms with Crippen LogP contribution in [-0.2, 0) is 11.3 Å². The lowest BCUT2D eigenvalue weighted by atomic mass is 10.0. The van der Waals surface area contributed by atoms with Gasteiger partial charge in [0.05, 0.1) is 6.10 Å². The fourth-order valence-corrected chi connectivity index (χ4v) is 2.68. The van der Waals surface area contributed by atoms with Gasteiger partial charge in [-0.1, -0.05) is 46.3 Å². The van der Waals surface area contributed by atoms with E-state index in [0.717, 1.165) is 11.6 Å². The predicted octanol–water partition coefficient (Wildman–Crippen LogP) is 3.30. The Hall–Kier alpha value is -1.96. The second-order valence-corrected chi connectivity index (χ2v) is 6.31. The minimum atomic E-state index is -1.27. The SMILES string of the molecule is O=C(NCCC(O)C(O)c1cc(F)ccc1Br)OCc1ccccc1. The van der Waals surface area contributed by atoms with Crippen LogP contribution in [0.3, 0.4) is 0 Å². The minimum Gasteiger partial charge on any atom is -0.445 e. The summed E-state index contributed by atoms with van der Waals surface area (Å²) in [5.41, 5.74) is 1.11. The van der Waals surface area contributed by atoms with E-state index in [0.29, 0.717) is 4.47 Å². The molecule has 5 nitrogen and oxygen atoms in total. The molecule has 0 spiro atoms. The lowest BCUT2D eigenvalue weighted by Gasteiger charge is -2.19. The van der Waals surface area contributed by atoms with E-state index >= 15 is 0 Å². The number of nitrogens with one attached hydrogen (secondary N) is 1. The van der Waals surface area contributed by atoms with Crippen LogP contribution in [0.1, 0.15) is 23.7 Å². The number of aliphatic hydroxyl groups excluding tert-OH is 2. The van der Waals surface area contributed by atoms with Gasteiger partial charge >= 0.3 is 6.09 Å². The Morgan fingerprint density at radius 2 is 1.92 bits per heavy atom. The van der Waals surface area contributed by atoms with Crippen molar-refractivity contribution >= 4 is 22.0 Å². The molecule has 3 N–H and O–H groups in total. The van der Waals surface area contributed by atoms with Gasteiger partial charge in [0.25, 0.3) is 0 Å². The van der Waals surface area contributed by atoms with Gasteiger partial charge in [0.1, 0.15) is 18.5 Å². The molecule has 1 amide bonds. The number of hydrogen-bond donors (Lipinski definition) is 3. The highest BCUT2D eigenvalue weighted by Gasteiger charge is 2.21. The molecule has 0 radical (unpaired) electrons. The molecule has 2 aromatic rings. The number of benzene rings is 2. The molecular formula is C18H19BrFNO4. The zero-order valence-electron chi connectivity index (χ0n) is 13.4. The Labute approximate surface area is 153 Å². The first-order chi connectivity index (χ1) is 12.0. The lowest BCUT2D eigenvalue weighted by molar-refractivity contribution is 0.0131. The number of carbonyl (C=O) groups excluding carboxylic acids is 1. The number of rotatable bonds is 7. The van der Waals surface area contributed by atoms with E-state index in [1.807, 2.05) is 30.3 Å². The maximum Gasteiger partial charge on any atom is 0.407 e. The first-order valence-corrected chi connectivity index (χ1v) is 8.52. The van der Waals surface area contributed by atoms with Gasteiger partial charge in [-0.15, -0.1) is 0 Å². The second kappa shape index (κ2) is 9.50. The maximum absolute atomic E-state index is 13.3. The van der Waals surface area contributed by atoms with E-state index in [2.05, 4.69) is 21.2 Å². The van der Waals surface area contributed by atoms with Gasteiger partial charge in [-0.25, -0.2) is 9.18 Å². The van der Waals surface area contributed by atoms with E-state index in [9.17, 15) is 19.4 Å². The number of halogens is 2. The highest BCUT2D eigenvalue weighted by molar-refractivity contribution is 9.10. The van der Waals surface area contributed by atoms with Gasteiger partial charge in [-0.05, 0) is 30.2 Å². The Balaban J connectivity index is 1.75. The van der Waals surface area contributed by atoms with E-state index < -0.39 is 24.1 Å². The molecule has 0 aliphatic heterocycles. The maximum atomic E-state index is 13.3. The molecule has 2 aromatic carbocycles. The van der Waals surface area contributed by atoms with Crippen LogP contribution in [0.4, 0.5) is 9.18 Å². The standard InChI is InChI=1S/C18H19BrFNO4/c19-15-7-6-13(20)10-14(15)17(23)16(22)8-9-21-18(24)25-11-12-4-2-1-3-5-12/h1-7,10,16-17,22-23H,8-9,11H2,(H,21,24). The van der Waals surface area contributed by atoms with Crippen molar-refractivity contribution in [1.29, 1.82) is 0 Å². The van der Waals surface area contributed by atoms with Crippen LogP contribution in [0, 0.1) is 5.82 Å². The van der Waals surface area contributed by atoms with E-state index in [1.54, 1.807) is 0 Å². The third kappa shape index (κ3) is 6.12. The van der Waals surface area contributed by atoms with Crippen LogP contribution in [0.5, 0.6) is 0 Å². The quantitative estimate of drug-likeness (QED) is 0.652. The molecule has 0 fully saturated rings. The molecule has 2 unspecified atom stereocenters. The molecule has 0 aliphatic carbocycles. The van der Waals surface area contributed by atoms with Crippen molar-refractivity contribution in [2.75, 3.05) is 6.54 Å². The number of carbonyl (C=O) groups is 1. The molecular weight excluding hydrogens is 393 g/mol. The van der Waals surface area contributed by atoms with Crippen LogP contribution in [0.15, 0.2) is 53.0 Å². The molecule has 7 heteroatoms. The number of hydrogen-bond acceptors (Lipinski definition) is 4. The summed E-state index contributed by atoms with van der Waals surface area (Å²) >= 11 is 3.21. The summed E-state index contributed by atoms with van der Waals surface area (Å²) in [6.45, 7) is 0.257. The number of ether oxygens (including phenoxy) is 1. The Morgan fingerprint density at radius 3 is 2.64 bits per heavy atom. The van der Waals surface area contributed by atoms with Crippen molar-refractivity contribution in [3.63, 3.8) is 0 Å². The van der Waals surface area contributed by atoms with Crippen LogP contribution < -0.4 is 5.32 Å². The van der Waals surface area contributed by atoms with Gasteiger partial charge in [-0.3, -0.25) is 0 Å². The van der Waals surface area contributed by atoms with Crippen molar-refractivity contribution in [2.45, 2.75) is 25.2 Å². The van der Waals surface area contributed by atoms with Gasteiger partial charge in [0.15, 0.2) is 0 Å². The molecule has 0 heterocycles. The fourth-order valence-electron chi connectivity index (χ4n) is 2.20. The Kier molecular flexibility index (Phi) is 7.36. The van der Waals surface area contributed by atoms with Crippen molar-refractivity contribution in [3.8, 4) is 0 Å². The fraction of sp³-hybridized carbons (Fsp3) is 0.278. The zero-order chi connectivity index (χ0) is 18.2. The molecule has 0 saturated carbocycles. The van der Waals surface area contributed by atoms with Crippen molar-refractivity contribution in [2.24, 2.45) is 0 Å². The molecule has 0 aliphatic rings. The third-order valence-corrected chi connectivity index (χ3v) is 4.29. The van der Waals surface area contributed by atoms with Crippen molar-refractivity contribution < 1.29 is 24.1 Å². The van der Waals surface area contributed by atoms with E-state index in [1.165, 1.54) is 12.1 Å². The summed E-state index contributed by atoms with van der Waals surface area (Å²) in [7, 11) is 0. The number of amides is 1. The van der Waals surface area contributed by atoms with Crippen LogP contribution in [0.2, 0.25) is 0 Å². The summed E-state index contributed by atoms with van der Waals surface area (Å²) in [5.74, 6) is -0.507. The monoisotopic (exact) mass is 411 g/mol. The smallest absolute Gasteiger partial charge is 0.407 e. The molecule has 0 aromatic heterocycles. The molecule has 0 bridgehead atoms. The van der Waals surface area contributed by atoms with E-state index in [4.69, 9.17) is 4.74 Å². The summed E-state index contributed by atoms with van der Waals surface area (Å²) in [6, 6.07) is 13.1. The van der Waals surface area contributed by atoms with E-state index in [-0.39, 0.29) is 25.1 Å². The summed E-state index contributed by atoms with van der Waals surface area (Å²) < 4.78 is 18.8. The van der Waals surface area contributed by atoms with Gasteiger partial charge in [-0.2, -0.15) is 0 Å². The Bertz CT molecular complexity index is 699. The van der Waals surface area contributed by atoms with Crippen LogP contribution in [0.25, 0.3) is 0 Å². The van der Waals surface area contributed by atoms with Crippen molar-refractivity contribution in [3.05, 3.63) is 69.9 Å².